The third-order valence-corrected chi connectivity index (χ3v) is 4.16. The first-order chi connectivity index (χ1) is 6.44. The predicted molar refractivity (Wildman–Crippen MR) is 57.8 cm³/mol. The van der Waals surface area contributed by atoms with Crippen LogP contribution in [0.25, 0.3) is 0 Å². The maximum Gasteiger partial charge on any atom is 0.141 e. The van der Waals surface area contributed by atoms with Crippen molar-refractivity contribution in [2.75, 3.05) is 0 Å². The minimum atomic E-state index is -0.721. The molecule has 0 amide bonds. The zero-order chi connectivity index (χ0) is 10.5. The molecule has 1 aliphatic rings. The van der Waals surface area contributed by atoms with Gasteiger partial charge in [0.05, 0.1) is 5.02 Å². The molecule has 0 nitrogen and oxygen atoms in total. The Hall–Kier alpha value is 0.0200. The Labute approximate surface area is 97.0 Å². The van der Waals surface area contributed by atoms with E-state index >= 15 is 0 Å². The Morgan fingerprint density at radius 1 is 1.36 bits per heavy atom. The number of alkyl halides is 2. The molecule has 0 radical (unpaired) electrons. The molecule has 1 aliphatic carbocycles. The maximum atomic E-state index is 12.9. The van der Waals surface area contributed by atoms with Crippen LogP contribution in [-0.2, 0) is 0 Å². The second kappa shape index (κ2) is 3.26. The summed E-state index contributed by atoms with van der Waals surface area (Å²) in [6, 6.07) is 4.60. The molecule has 0 N–H and O–H groups in total. The van der Waals surface area contributed by atoms with Gasteiger partial charge in [-0.1, -0.05) is 24.6 Å². The standard InChI is InChI=1S/C10H8Cl3F/c1-5-9(10(5,12)13)6-2-3-8(14)7(11)4-6/h2-5,9H,1H3. The third-order valence-electron chi connectivity index (χ3n) is 2.72. The molecule has 1 aromatic rings. The lowest BCUT2D eigenvalue weighted by atomic mass is 10.1. The normalized spacial score (nSPS) is 28.9. The zero-order valence-corrected chi connectivity index (χ0v) is 9.67. The summed E-state index contributed by atoms with van der Waals surface area (Å²) in [6.45, 7) is 1.96. The number of hydrogen-bond donors (Lipinski definition) is 0. The van der Waals surface area contributed by atoms with Crippen molar-refractivity contribution in [3.63, 3.8) is 0 Å². The maximum absolute atomic E-state index is 12.9. The summed E-state index contributed by atoms with van der Waals surface area (Å²) in [5.74, 6) is -0.172. The fourth-order valence-electron chi connectivity index (χ4n) is 1.70. The SMILES string of the molecule is CC1C(c2ccc(F)c(Cl)c2)C1(Cl)Cl. The molecule has 2 atom stereocenters. The Morgan fingerprint density at radius 2 is 1.93 bits per heavy atom. The molecule has 0 spiro atoms. The minimum absolute atomic E-state index is 0.0592. The van der Waals surface area contributed by atoms with Crippen molar-refractivity contribution < 1.29 is 4.39 Å². The van der Waals surface area contributed by atoms with Gasteiger partial charge in [-0.3, -0.25) is 0 Å². The van der Waals surface area contributed by atoms with E-state index in [1.165, 1.54) is 6.07 Å². The Morgan fingerprint density at radius 3 is 2.36 bits per heavy atom. The largest absolute Gasteiger partial charge is 0.205 e. The smallest absolute Gasteiger partial charge is 0.141 e. The molecular formula is C10H8Cl3F. The van der Waals surface area contributed by atoms with E-state index in [0.717, 1.165) is 5.56 Å². The van der Waals surface area contributed by atoms with Crippen LogP contribution in [0.3, 0.4) is 0 Å². The monoisotopic (exact) mass is 252 g/mol. The average molecular weight is 254 g/mol. The van der Waals surface area contributed by atoms with Crippen LogP contribution in [0.1, 0.15) is 18.4 Å². The van der Waals surface area contributed by atoms with E-state index in [4.69, 9.17) is 34.8 Å². The van der Waals surface area contributed by atoms with Gasteiger partial charge in [-0.15, -0.1) is 23.2 Å². The van der Waals surface area contributed by atoms with Crippen molar-refractivity contribution in [3.8, 4) is 0 Å². The number of halogens is 4. The second-order valence-electron chi connectivity index (χ2n) is 3.61. The summed E-state index contributed by atoms with van der Waals surface area (Å²) in [5.41, 5.74) is 0.897. The van der Waals surface area contributed by atoms with Gasteiger partial charge >= 0.3 is 0 Å². The van der Waals surface area contributed by atoms with Gasteiger partial charge in [0.2, 0.25) is 0 Å². The van der Waals surface area contributed by atoms with Crippen LogP contribution in [0.5, 0.6) is 0 Å². The first-order valence-corrected chi connectivity index (χ1v) is 5.40. The van der Waals surface area contributed by atoms with E-state index < -0.39 is 10.2 Å². The summed E-state index contributed by atoms with van der Waals surface area (Å²) >= 11 is 17.7. The lowest BCUT2D eigenvalue weighted by molar-refractivity contribution is 0.627. The molecule has 0 heterocycles. The molecule has 1 fully saturated rings. The van der Waals surface area contributed by atoms with Crippen molar-refractivity contribution in [2.45, 2.75) is 17.2 Å². The first-order valence-electron chi connectivity index (χ1n) is 4.27. The van der Waals surface area contributed by atoms with Crippen LogP contribution in [0, 0.1) is 11.7 Å². The van der Waals surface area contributed by atoms with E-state index in [1.807, 2.05) is 6.92 Å². The highest BCUT2D eigenvalue weighted by molar-refractivity contribution is 6.51. The number of benzene rings is 1. The average Bonchev–Trinajstić information content (AvgIpc) is 2.58. The summed E-state index contributed by atoms with van der Waals surface area (Å²) in [5, 5.41) is 0.116. The lowest BCUT2D eigenvalue weighted by Gasteiger charge is -2.01. The van der Waals surface area contributed by atoms with Crippen LogP contribution < -0.4 is 0 Å². The van der Waals surface area contributed by atoms with Crippen LogP contribution in [-0.4, -0.2) is 4.33 Å². The molecule has 1 aromatic carbocycles. The molecule has 0 aromatic heterocycles. The fraction of sp³-hybridized carbons (Fsp3) is 0.400. The summed E-state index contributed by atoms with van der Waals surface area (Å²) in [7, 11) is 0. The van der Waals surface area contributed by atoms with E-state index in [1.54, 1.807) is 12.1 Å². The molecule has 4 heteroatoms. The third kappa shape index (κ3) is 1.52. The van der Waals surface area contributed by atoms with Gasteiger partial charge in [-0.2, -0.15) is 0 Å². The second-order valence-corrected chi connectivity index (χ2v) is 5.47. The first kappa shape index (κ1) is 10.5. The fourth-order valence-corrected chi connectivity index (χ4v) is 2.64. The molecule has 14 heavy (non-hydrogen) atoms. The van der Waals surface area contributed by atoms with Gasteiger partial charge < -0.3 is 0 Å². The van der Waals surface area contributed by atoms with Gasteiger partial charge in [0.25, 0.3) is 0 Å². The van der Waals surface area contributed by atoms with Crippen molar-refractivity contribution in [2.24, 2.45) is 5.92 Å². The van der Waals surface area contributed by atoms with E-state index in [-0.39, 0.29) is 16.9 Å². The van der Waals surface area contributed by atoms with Crippen molar-refractivity contribution in [3.05, 3.63) is 34.6 Å². The van der Waals surface area contributed by atoms with Gasteiger partial charge in [-0.25, -0.2) is 4.39 Å². The van der Waals surface area contributed by atoms with Gasteiger partial charge in [0.1, 0.15) is 10.2 Å². The highest BCUT2D eigenvalue weighted by Crippen LogP contribution is 2.64. The molecule has 1 saturated carbocycles. The predicted octanol–water partition coefficient (Wildman–Crippen LogP) is 4.39. The summed E-state index contributed by atoms with van der Waals surface area (Å²) in [4.78, 5) is 0. The molecule has 2 unspecified atom stereocenters. The molecule has 2 rings (SSSR count). The van der Waals surface area contributed by atoms with Crippen molar-refractivity contribution in [1.82, 2.24) is 0 Å². The molecule has 0 saturated heterocycles. The van der Waals surface area contributed by atoms with Crippen LogP contribution in [0.15, 0.2) is 18.2 Å². The summed E-state index contributed by atoms with van der Waals surface area (Å²) < 4.78 is 12.2. The van der Waals surface area contributed by atoms with Crippen LogP contribution in [0.4, 0.5) is 4.39 Å². The van der Waals surface area contributed by atoms with E-state index in [9.17, 15) is 4.39 Å². The molecular weight excluding hydrogens is 245 g/mol. The quantitative estimate of drug-likeness (QED) is 0.651. The van der Waals surface area contributed by atoms with Crippen LogP contribution in [0.2, 0.25) is 5.02 Å². The Bertz CT molecular complexity index is 376. The van der Waals surface area contributed by atoms with E-state index in [2.05, 4.69) is 0 Å². The molecule has 0 aliphatic heterocycles. The van der Waals surface area contributed by atoms with E-state index in [0.29, 0.717) is 0 Å². The van der Waals surface area contributed by atoms with Crippen LogP contribution >= 0.6 is 34.8 Å². The summed E-state index contributed by atoms with van der Waals surface area (Å²) in [6.07, 6.45) is 0. The van der Waals surface area contributed by atoms with Gasteiger partial charge in [0.15, 0.2) is 0 Å². The minimum Gasteiger partial charge on any atom is -0.205 e. The highest BCUT2D eigenvalue weighted by Gasteiger charge is 2.60. The van der Waals surface area contributed by atoms with Gasteiger partial charge in [-0.05, 0) is 23.6 Å². The zero-order valence-electron chi connectivity index (χ0n) is 7.40. The van der Waals surface area contributed by atoms with Crippen molar-refractivity contribution >= 4 is 34.8 Å². The number of hydrogen-bond acceptors (Lipinski definition) is 0. The Kier molecular flexibility index (Phi) is 2.45. The number of rotatable bonds is 1. The van der Waals surface area contributed by atoms with Gasteiger partial charge in [0, 0.05) is 5.92 Å². The molecule has 0 bridgehead atoms. The Balaban J connectivity index is 2.32. The highest BCUT2D eigenvalue weighted by atomic mass is 35.5. The topological polar surface area (TPSA) is 0 Å². The lowest BCUT2D eigenvalue weighted by Crippen LogP contribution is -1.90. The van der Waals surface area contributed by atoms with Crippen molar-refractivity contribution in [1.29, 1.82) is 0 Å². The molecule has 76 valence electrons.